The minimum Gasteiger partial charge on any atom is -0.351 e. The van der Waals surface area contributed by atoms with Crippen LogP contribution < -0.4 is 10.6 Å². The van der Waals surface area contributed by atoms with Crippen LogP contribution in [0, 0.1) is 0 Å². The summed E-state index contributed by atoms with van der Waals surface area (Å²) in [5.41, 5.74) is -0.489. The molecule has 2 aliphatic rings. The van der Waals surface area contributed by atoms with Crippen LogP contribution in [0.3, 0.4) is 0 Å². The van der Waals surface area contributed by atoms with Crippen molar-refractivity contribution >= 4 is 17.7 Å². The molecule has 1 atom stereocenters. The molecule has 0 aromatic carbocycles. The molecule has 1 fully saturated rings. The van der Waals surface area contributed by atoms with E-state index < -0.39 is 5.54 Å². The molecular formula is C21H33N5O3. The van der Waals surface area contributed by atoms with Crippen molar-refractivity contribution in [1.82, 2.24) is 25.3 Å². The van der Waals surface area contributed by atoms with Crippen LogP contribution in [-0.4, -0.2) is 57.6 Å². The van der Waals surface area contributed by atoms with Gasteiger partial charge < -0.3 is 15.5 Å². The number of likely N-dealkylation sites (N-methyl/N-ethyl adjacent to an activating group) is 1. The predicted molar refractivity (Wildman–Crippen MR) is 110 cm³/mol. The third-order valence-corrected chi connectivity index (χ3v) is 6.23. The van der Waals surface area contributed by atoms with Crippen LogP contribution in [0.25, 0.3) is 0 Å². The Balaban J connectivity index is 1.75. The molecule has 160 valence electrons. The largest absolute Gasteiger partial charge is 0.351 e. The van der Waals surface area contributed by atoms with Gasteiger partial charge in [0.1, 0.15) is 11.2 Å². The van der Waals surface area contributed by atoms with E-state index in [1.165, 1.54) is 28.5 Å². The van der Waals surface area contributed by atoms with Crippen molar-refractivity contribution in [2.45, 2.75) is 83.3 Å². The molecule has 2 N–H and O–H groups in total. The van der Waals surface area contributed by atoms with Gasteiger partial charge in [0.05, 0.1) is 6.54 Å². The van der Waals surface area contributed by atoms with Crippen LogP contribution in [0.4, 0.5) is 0 Å². The highest BCUT2D eigenvalue weighted by molar-refractivity contribution is 6.01. The SMILES string of the molecule is CCCCNC(=O)c1cc2n(n1)CC(C)(C(=O)NC1CCCCCC1)N(C)C2=O. The van der Waals surface area contributed by atoms with Gasteiger partial charge in [-0.3, -0.25) is 19.1 Å². The van der Waals surface area contributed by atoms with Crippen LogP contribution in [-0.2, 0) is 11.3 Å². The van der Waals surface area contributed by atoms with Crippen LogP contribution >= 0.6 is 0 Å². The Kier molecular flexibility index (Phi) is 6.59. The quantitative estimate of drug-likeness (QED) is 0.562. The molecule has 0 radical (unpaired) electrons. The zero-order valence-electron chi connectivity index (χ0n) is 17.8. The van der Waals surface area contributed by atoms with Gasteiger partial charge in [-0.25, -0.2) is 0 Å². The number of carbonyl (C=O) groups excluding carboxylic acids is 3. The number of hydrogen-bond donors (Lipinski definition) is 2. The zero-order valence-corrected chi connectivity index (χ0v) is 17.8. The fourth-order valence-electron chi connectivity index (χ4n) is 4.07. The lowest BCUT2D eigenvalue weighted by Gasteiger charge is -2.41. The number of aromatic nitrogens is 2. The van der Waals surface area contributed by atoms with Crippen LogP contribution in [0.1, 0.15) is 86.2 Å². The molecular weight excluding hydrogens is 370 g/mol. The fraction of sp³-hybridized carbons (Fsp3) is 0.714. The normalized spacial score (nSPS) is 22.7. The number of nitrogens with zero attached hydrogens (tertiary/aromatic N) is 3. The number of nitrogens with one attached hydrogen (secondary N) is 2. The molecule has 2 heterocycles. The number of rotatable bonds is 6. The monoisotopic (exact) mass is 403 g/mol. The van der Waals surface area contributed by atoms with E-state index in [0.717, 1.165) is 38.5 Å². The Morgan fingerprint density at radius 3 is 2.59 bits per heavy atom. The maximum Gasteiger partial charge on any atom is 0.272 e. The molecule has 0 bridgehead atoms. The van der Waals surface area contributed by atoms with Gasteiger partial charge in [-0.05, 0) is 26.2 Å². The second kappa shape index (κ2) is 8.97. The summed E-state index contributed by atoms with van der Waals surface area (Å²) < 4.78 is 1.50. The Morgan fingerprint density at radius 2 is 1.93 bits per heavy atom. The molecule has 1 saturated carbocycles. The third-order valence-electron chi connectivity index (χ3n) is 6.23. The summed E-state index contributed by atoms with van der Waals surface area (Å²) in [5.74, 6) is -0.745. The summed E-state index contributed by atoms with van der Waals surface area (Å²) in [4.78, 5) is 39.9. The first kappa shape index (κ1) is 21.3. The predicted octanol–water partition coefficient (Wildman–Crippen LogP) is 2.10. The Morgan fingerprint density at radius 1 is 1.24 bits per heavy atom. The molecule has 1 aromatic heterocycles. The Hall–Kier alpha value is -2.38. The first-order valence-corrected chi connectivity index (χ1v) is 10.8. The van der Waals surface area contributed by atoms with Gasteiger partial charge in [0.15, 0.2) is 5.69 Å². The summed E-state index contributed by atoms with van der Waals surface area (Å²) in [6, 6.07) is 1.67. The third kappa shape index (κ3) is 4.46. The molecule has 0 saturated heterocycles. The Labute approximate surface area is 172 Å². The second-order valence-corrected chi connectivity index (χ2v) is 8.48. The van der Waals surface area contributed by atoms with Gasteiger partial charge in [-0.2, -0.15) is 5.10 Å². The average molecular weight is 404 g/mol. The molecule has 8 nitrogen and oxygen atoms in total. The maximum absolute atomic E-state index is 13.2. The summed E-state index contributed by atoms with van der Waals surface area (Å²) in [7, 11) is 1.65. The molecule has 0 spiro atoms. The minimum atomic E-state index is -1.04. The van der Waals surface area contributed by atoms with Crippen molar-refractivity contribution in [2.24, 2.45) is 0 Å². The smallest absolute Gasteiger partial charge is 0.272 e. The van der Waals surface area contributed by atoms with Gasteiger partial charge >= 0.3 is 0 Å². The highest BCUT2D eigenvalue weighted by atomic mass is 16.2. The lowest BCUT2D eigenvalue weighted by Crippen LogP contribution is -2.63. The highest BCUT2D eigenvalue weighted by Gasteiger charge is 2.46. The van der Waals surface area contributed by atoms with E-state index in [-0.39, 0.29) is 36.0 Å². The summed E-state index contributed by atoms with van der Waals surface area (Å²) in [6.07, 6.45) is 8.50. The summed E-state index contributed by atoms with van der Waals surface area (Å²) in [5, 5.41) is 10.3. The van der Waals surface area contributed by atoms with Crippen molar-refractivity contribution in [3.63, 3.8) is 0 Å². The molecule has 1 unspecified atom stereocenters. The van der Waals surface area contributed by atoms with Crippen molar-refractivity contribution in [3.05, 3.63) is 17.5 Å². The van der Waals surface area contributed by atoms with Gasteiger partial charge in [-0.1, -0.05) is 39.0 Å². The van der Waals surface area contributed by atoms with Gasteiger partial charge in [0.2, 0.25) is 5.91 Å². The molecule has 8 heteroatoms. The first-order chi connectivity index (χ1) is 13.9. The maximum atomic E-state index is 13.2. The van der Waals surface area contributed by atoms with Crippen molar-refractivity contribution in [1.29, 1.82) is 0 Å². The second-order valence-electron chi connectivity index (χ2n) is 8.48. The lowest BCUT2D eigenvalue weighted by atomic mass is 9.95. The number of amides is 3. The van der Waals surface area contributed by atoms with Crippen LogP contribution in [0.15, 0.2) is 6.07 Å². The van der Waals surface area contributed by atoms with E-state index in [2.05, 4.69) is 22.7 Å². The van der Waals surface area contributed by atoms with Gasteiger partial charge in [-0.15, -0.1) is 0 Å². The van der Waals surface area contributed by atoms with Gasteiger partial charge in [0.25, 0.3) is 11.8 Å². The number of fused-ring (bicyclic) bond motifs is 1. The van der Waals surface area contributed by atoms with E-state index >= 15 is 0 Å². The standard InChI is InChI=1S/C21H33N5O3/c1-4-5-12-22-18(27)16-13-17-19(28)25(3)21(2,14-26(17)24-16)20(29)23-15-10-8-6-7-9-11-15/h13,15H,4-12,14H2,1-3H3,(H,22,27)(H,23,29). The fourth-order valence-corrected chi connectivity index (χ4v) is 4.07. The van der Waals surface area contributed by atoms with Crippen LogP contribution in [0.2, 0.25) is 0 Å². The zero-order chi connectivity index (χ0) is 21.0. The summed E-state index contributed by atoms with van der Waals surface area (Å²) >= 11 is 0. The van der Waals surface area contributed by atoms with Gasteiger partial charge in [0, 0.05) is 25.7 Å². The van der Waals surface area contributed by atoms with E-state index in [1.807, 2.05) is 0 Å². The molecule has 29 heavy (non-hydrogen) atoms. The summed E-state index contributed by atoms with van der Waals surface area (Å²) in [6.45, 7) is 4.62. The Bertz CT molecular complexity index is 766. The number of carbonyl (C=O) groups is 3. The lowest BCUT2D eigenvalue weighted by molar-refractivity contribution is -0.133. The molecule has 3 amide bonds. The average Bonchev–Trinajstić information content (AvgIpc) is 2.95. The van der Waals surface area contributed by atoms with Crippen molar-refractivity contribution < 1.29 is 14.4 Å². The first-order valence-electron chi connectivity index (χ1n) is 10.8. The molecule has 1 aliphatic heterocycles. The number of unbranched alkanes of at least 4 members (excludes halogenated alkanes) is 1. The topological polar surface area (TPSA) is 96.3 Å². The molecule has 3 rings (SSSR count). The van der Waals surface area contributed by atoms with Crippen molar-refractivity contribution in [3.8, 4) is 0 Å². The minimum absolute atomic E-state index is 0.157. The van der Waals surface area contributed by atoms with E-state index in [0.29, 0.717) is 12.2 Å². The molecule has 1 aliphatic carbocycles. The highest BCUT2D eigenvalue weighted by Crippen LogP contribution is 2.27. The van der Waals surface area contributed by atoms with Crippen molar-refractivity contribution in [2.75, 3.05) is 13.6 Å². The van der Waals surface area contributed by atoms with Crippen LogP contribution in [0.5, 0.6) is 0 Å². The van der Waals surface area contributed by atoms with E-state index in [1.54, 1.807) is 14.0 Å². The molecule has 1 aromatic rings. The van der Waals surface area contributed by atoms with E-state index in [9.17, 15) is 14.4 Å². The number of hydrogen-bond acceptors (Lipinski definition) is 4. The van der Waals surface area contributed by atoms with E-state index in [4.69, 9.17) is 0 Å².